The Morgan fingerprint density at radius 2 is 1.27 bits per heavy atom. The van der Waals surface area contributed by atoms with E-state index in [0.29, 0.717) is 77.1 Å². The smallest absolute Gasteiger partial charge is 0.338 e. The number of fused-ring (bicyclic) bond motifs is 1. The Hall–Kier alpha value is -4.67. The predicted octanol–water partition coefficient (Wildman–Crippen LogP) is 5.83. The van der Waals surface area contributed by atoms with E-state index in [2.05, 4.69) is 0 Å². The summed E-state index contributed by atoms with van der Waals surface area (Å²) in [5.41, 5.74) is 1.60. The molecular formula is C33H40O11. The minimum Gasteiger partial charge on any atom is -0.496 e. The highest BCUT2D eigenvalue weighted by Gasteiger charge is 2.38. The molecule has 0 saturated carbocycles. The van der Waals surface area contributed by atoms with Crippen LogP contribution in [0.25, 0.3) is 0 Å². The number of carbonyl (C=O) groups excluding carboxylic acids is 1. The Morgan fingerprint density at radius 1 is 0.682 bits per heavy atom. The Labute approximate surface area is 257 Å². The Morgan fingerprint density at radius 3 is 1.77 bits per heavy atom. The van der Waals surface area contributed by atoms with Crippen LogP contribution in [0.2, 0.25) is 0 Å². The molecule has 1 aliphatic rings. The summed E-state index contributed by atoms with van der Waals surface area (Å²) in [5.74, 6) is 3.51. The quantitative estimate of drug-likeness (QED) is 0.205. The van der Waals surface area contributed by atoms with E-state index in [-0.39, 0.29) is 12.0 Å². The Bertz CT molecular complexity index is 1400. The van der Waals surface area contributed by atoms with Gasteiger partial charge in [-0.15, -0.1) is 0 Å². The lowest BCUT2D eigenvalue weighted by atomic mass is 9.93. The first-order valence-corrected chi connectivity index (χ1v) is 14.3. The Balaban J connectivity index is 1.81. The van der Waals surface area contributed by atoms with Crippen molar-refractivity contribution in [2.24, 2.45) is 0 Å². The highest BCUT2D eigenvalue weighted by molar-refractivity contribution is 5.91. The molecule has 0 amide bonds. The van der Waals surface area contributed by atoms with E-state index in [1.165, 1.54) is 21.3 Å². The predicted molar refractivity (Wildman–Crippen MR) is 162 cm³/mol. The zero-order chi connectivity index (χ0) is 31.8. The highest BCUT2D eigenvalue weighted by Crippen LogP contribution is 2.47. The van der Waals surface area contributed by atoms with E-state index >= 15 is 0 Å². The maximum Gasteiger partial charge on any atom is 0.338 e. The van der Waals surface area contributed by atoms with Gasteiger partial charge in [0.15, 0.2) is 29.1 Å². The third-order valence-electron chi connectivity index (χ3n) is 7.01. The van der Waals surface area contributed by atoms with Gasteiger partial charge in [-0.2, -0.15) is 0 Å². The van der Waals surface area contributed by atoms with E-state index in [4.69, 9.17) is 47.4 Å². The maximum absolute atomic E-state index is 13.8. The molecule has 1 heterocycles. The second kappa shape index (κ2) is 14.7. The van der Waals surface area contributed by atoms with Crippen molar-refractivity contribution >= 4 is 5.97 Å². The van der Waals surface area contributed by atoms with Crippen molar-refractivity contribution < 1.29 is 52.2 Å². The number of carbonyl (C=O) groups is 1. The summed E-state index contributed by atoms with van der Waals surface area (Å²) in [6.07, 6.45) is -1.28. The number of hydrogen-bond donors (Lipinski definition) is 0. The molecule has 11 nitrogen and oxygen atoms in total. The van der Waals surface area contributed by atoms with Gasteiger partial charge < -0.3 is 47.4 Å². The van der Waals surface area contributed by atoms with Crippen LogP contribution < -0.4 is 42.6 Å². The average molecular weight is 613 g/mol. The first-order valence-electron chi connectivity index (χ1n) is 14.3. The molecule has 0 N–H and O–H groups in total. The van der Waals surface area contributed by atoms with Crippen molar-refractivity contribution in [3.63, 3.8) is 0 Å². The molecule has 11 heteroatoms. The minimum atomic E-state index is -0.794. The number of hydrogen-bond acceptors (Lipinski definition) is 11. The van der Waals surface area contributed by atoms with E-state index in [0.717, 1.165) is 5.56 Å². The summed E-state index contributed by atoms with van der Waals surface area (Å²) in [4.78, 5) is 13.8. The molecular weight excluding hydrogens is 572 g/mol. The first kappa shape index (κ1) is 32.2. The van der Waals surface area contributed by atoms with Crippen molar-refractivity contribution in [1.29, 1.82) is 0 Å². The van der Waals surface area contributed by atoms with Crippen LogP contribution in [0.1, 0.15) is 48.4 Å². The summed E-state index contributed by atoms with van der Waals surface area (Å²) >= 11 is 0. The lowest BCUT2D eigenvalue weighted by molar-refractivity contribution is -0.0189. The van der Waals surface area contributed by atoms with Crippen LogP contribution in [0.4, 0.5) is 0 Å². The van der Waals surface area contributed by atoms with Gasteiger partial charge in [0.25, 0.3) is 0 Å². The van der Waals surface area contributed by atoms with Gasteiger partial charge in [-0.25, -0.2) is 4.79 Å². The molecule has 238 valence electrons. The van der Waals surface area contributed by atoms with Crippen LogP contribution >= 0.6 is 0 Å². The standard InChI is InChI=1S/C33H40O11/c1-9-40-27-14-20(15-28(41-10-2)32(27)42-11-3)33(34)44-29-18-22-23(36-5)16-21(35-4)17-24(22)43-30(29)19-12-25(37-6)31(39-8)26(13-19)38-7/h12-17,29-30H,9-11,18H2,1-8H3. The lowest BCUT2D eigenvalue weighted by Gasteiger charge is -2.34. The van der Waals surface area contributed by atoms with Gasteiger partial charge in [0.05, 0.1) is 60.9 Å². The monoisotopic (exact) mass is 612 g/mol. The zero-order valence-electron chi connectivity index (χ0n) is 26.4. The highest BCUT2D eigenvalue weighted by atomic mass is 16.6. The topological polar surface area (TPSA) is 109 Å². The van der Waals surface area contributed by atoms with E-state index in [9.17, 15) is 4.79 Å². The molecule has 3 aromatic carbocycles. The average Bonchev–Trinajstić information content (AvgIpc) is 3.04. The van der Waals surface area contributed by atoms with Crippen molar-refractivity contribution in [2.45, 2.75) is 39.4 Å². The van der Waals surface area contributed by atoms with Crippen molar-refractivity contribution in [3.05, 3.63) is 53.1 Å². The number of esters is 1. The van der Waals surface area contributed by atoms with Crippen molar-refractivity contribution in [2.75, 3.05) is 55.4 Å². The normalized spacial score (nSPS) is 15.3. The van der Waals surface area contributed by atoms with Gasteiger partial charge in [0.2, 0.25) is 11.5 Å². The summed E-state index contributed by atoms with van der Waals surface area (Å²) in [6.45, 7) is 6.69. The number of rotatable bonds is 14. The van der Waals surface area contributed by atoms with Gasteiger partial charge in [-0.05, 0) is 45.0 Å². The molecule has 0 aliphatic carbocycles. The molecule has 0 spiro atoms. The second-order valence-electron chi connectivity index (χ2n) is 9.55. The summed E-state index contributed by atoms with van der Waals surface area (Å²) in [7, 11) is 7.72. The number of benzene rings is 3. The molecule has 2 atom stereocenters. The zero-order valence-corrected chi connectivity index (χ0v) is 26.4. The SMILES string of the molecule is CCOc1cc(C(=O)OC2Cc3c(OC)cc(OC)cc3OC2c2cc(OC)c(OC)c(OC)c2)cc(OCC)c1OCC. The molecule has 0 fully saturated rings. The first-order chi connectivity index (χ1) is 21.3. The van der Waals surface area contributed by atoms with Crippen molar-refractivity contribution in [1.82, 2.24) is 0 Å². The van der Waals surface area contributed by atoms with Gasteiger partial charge in [0, 0.05) is 29.7 Å². The number of ether oxygens (including phenoxy) is 10. The van der Waals surface area contributed by atoms with Gasteiger partial charge in [0.1, 0.15) is 23.4 Å². The fourth-order valence-corrected chi connectivity index (χ4v) is 5.09. The van der Waals surface area contributed by atoms with Gasteiger partial charge in [-0.1, -0.05) is 0 Å². The largest absolute Gasteiger partial charge is 0.496 e. The summed E-state index contributed by atoms with van der Waals surface area (Å²) < 4.78 is 58.0. The summed E-state index contributed by atoms with van der Waals surface area (Å²) in [6, 6.07) is 10.3. The van der Waals surface area contributed by atoms with Crippen LogP contribution in [-0.2, 0) is 11.2 Å². The number of methoxy groups -OCH3 is 5. The van der Waals surface area contributed by atoms with Crippen molar-refractivity contribution in [3.8, 4) is 51.7 Å². The van der Waals surface area contributed by atoms with Crippen LogP contribution in [-0.4, -0.2) is 67.4 Å². The van der Waals surface area contributed by atoms with Gasteiger partial charge in [-0.3, -0.25) is 0 Å². The lowest BCUT2D eigenvalue weighted by Crippen LogP contribution is -2.35. The molecule has 1 aliphatic heterocycles. The van der Waals surface area contributed by atoms with Crippen LogP contribution in [0.5, 0.6) is 51.7 Å². The fourth-order valence-electron chi connectivity index (χ4n) is 5.09. The molecule has 0 bridgehead atoms. The minimum absolute atomic E-state index is 0.233. The maximum atomic E-state index is 13.8. The van der Waals surface area contributed by atoms with E-state index in [1.54, 1.807) is 50.6 Å². The van der Waals surface area contributed by atoms with E-state index < -0.39 is 18.2 Å². The fraction of sp³-hybridized carbons (Fsp3) is 0.424. The summed E-state index contributed by atoms with van der Waals surface area (Å²) in [5, 5.41) is 0. The third kappa shape index (κ3) is 6.61. The van der Waals surface area contributed by atoms with Crippen LogP contribution in [0.3, 0.4) is 0 Å². The van der Waals surface area contributed by atoms with Crippen LogP contribution in [0, 0.1) is 0 Å². The molecule has 0 aromatic heterocycles. The molecule has 44 heavy (non-hydrogen) atoms. The Kier molecular flexibility index (Phi) is 10.8. The molecule has 0 radical (unpaired) electrons. The second-order valence-corrected chi connectivity index (χ2v) is 9.55. The molecule has 2 unspecified atom stereocenters. The molecule has 3 aromatic rings. The van der Waals surface area contributed by atoms with Crippen LogP contribution in [0.15, 0.2) is 36.4 Å². The van der Waals surface area contributed by atoms with E-state index in [1.807, 2.05) is 20.8 Å². The van der Waals surface area contributed by atoms with Gasteiger partial charge >= 0.3 is 5.97 Å². The molecule has 0 saturated heterocycles. The third-order valence-corrected chi connectivity index (χ3v) is 7.01. The molecule has 4 rings (SSSR count).